The Balaban J connectivity index is 2.60. The van der Waals surface area contributed by atoms with Gasteiger partial charge in [0.05, 0.1) is 12.7 Å². The first-order chi connectivity index (χ1) is 8.02. The molecular weight excluding hydrogens is 302 g/mol. The molecule has 2 nitrogen and oxygen atoms in total. The van der Waals surface area contributed by atoms with Crippen molar-refractivity contribution >= 4 is 27.5 Å². The highest BCUT2D eigenvalue weighted by Crippen LogP contribution is 2.22. The Bertz CT molecular complexity index is 357. The summed E-state index contributed by atoms with van der Waals surface area (Å²) >= 11 is 9.60. The van der Waals surface area contributed by atoms with Crippen molar-refractivity contribution in [1.82, 2.24) is 5.32 Å². The molecule has 1 unspecified atom stereocenters. The highest BCUT2D eigenvalue weighted by Gasteiger charge is 2.11. The fourth-order valence-corrected chi connectivity index (χ4v) is 2.26. The number of likely N-dealkylation sites (N-methyl/N-ethyl adjacent to an activating group) is 1. The van der Waals surface area contributed by atoms with Crippen molar-refractivity contribution in [2.75, 3.05) is 13.7 Å². The van der Waals surface area contributed by atoms with Crippen molar-refractivity contribution in [3.05, 3.63) is 33.3 Å². The van der Waals surface area contributed by atoms with Crippen LogP contribution in [-0.2, 0) is 11.2 Å². The van der Waals surface area contributed by atoms with Crippen LogP contribution in [0.4, 0.5) is 0 Å². The van der Waals surface area contributed by atoms with E-state index in [-0.39, 0.29) is 12.1 Å². The second-order valence-electron chi connectivity index (χ2n) is 4.31. The molecule has 0 saturated heterocycles. The molecule has 0 spiro atoms. The van der Waals surface area contributed by atoms with Gasteiger partial charge in [0.15, 0.2) is 0 Å². The first-order valence-electron chi connectivity index (χ1n) is 5.75. The Labute approximate surface area is 117 Å². The van der Waals surface area contributed by atoms with Crippen LogP contribution >= 0.6 is 27.5 Å². The minimum Gasteiger partial charge on any atom is -0.377 e. The second-order valence-corrected chi connectivity index (χ2v) is 5.63. The smallest absolute Gasteiger partial charge is 0.0626 e. The highest BCUT2D eigenvalue weighted by atomic mass is 79.9. The fourth-order valence-electron chi connectivity index (χ4n) is 1.51. The number of benzene rings is 1. The summed E-state index contributed by atoms with van der Waals surface area (Å²) in [4.78, 5) is 0. The third-order valence-electron chi connectivity index (χ3n) is 2.52. The maximum absolute atomic E-state index is 6.19. The van der Waals surface area contributed by atoms with Gasteiger partial charge >= 0.3 is 0 Å². The van der Waals surface area contributed by atoms with Crippen LogP contribution in [-0.4, -0.2) is 25.8 Å². The van der Waals surface area contributed by atoms with Crippen molar-refractivity contribution in [3.8, 4) is 0 Å². The van der Waals surface area contributed by atoms with E-state index in [1.165, 1.54) is 0 Å². The molecule has 96 valence electrons. The largest absolute Gasteiger partial charge is 0.377 e. The SMILES string of the molecule is CNC(COC(C)C)Cc1ccc(Br)cc1Cl. The van der Waals surface area contributed by atoms with Crippen LogP contribution in [0.5, 0.6) is 0 Å². The Hall–Kier alpha value is -0.0900. The number of hydrogen-bond donors (Lipinski definition) is 1. The minimum absolute atomic E-state index is 0.256. The van der Waals surface area contributed by atoms with E-state index in [2.05, 4.69) is 21.2 Å². The lowest BCUT2D eigenvalue weighted by Gasteiger charge is -2.18. The number of ether oxygens (including phenoxy) is 1. The molecule has 0 bridgehead atoms. The molecule has 1 N–H and O–H groups in total. The molecule has 0 aliphatic carbocycles. The molecule has 1 atom stereocenters. The summed E-state index contributed by atoms with van der Waals surface area (Å²) in [6.07, 6.45) is 1.13. The number of halogens is 2. The third-order valence-corrected chi connectivity index (χ3v) is 3.37. The molecular formula is C13H19BrClNO. The van der Waals surface area contributed by atoms with Crippen molar-refractivity contribution < 1.29 is 4.74 Å². The Morgan fingerprint density at radius 1 is 1.41 bits per heavy atom. The molecule has 0 aliphatic heterocycles. The molecule has 1 rings (SSSR count). The van der Waals surface area contributed by atoms with Gasteiger partial charge in [-0.3, -0.25) is 0 Å². The first kappa shape index (κ1) is 15.0. The van der Waals surface area contributed by atoms with E-state index in [1.54, 1.807) is 0 Å². The van der Waals surface area contributed by atoms with E-state index in [4.69, 9.17) is 16.3 Å². The van der Waals surface area contributed by atoms with Gasteiger partial charge < -0.3 is 10.1 Å². The van der Waals surface area contributed by atoms with Gasteiger partial charge in [0.25, 0.3) is 0 Å². The predicted octanol–water partition coefficient (Wildman–Crippen LogP) is 3.66. The van der Waals surface area contributed by atoms with E-state index in [9.17, 15) is 0 Å². The molecule has 0 saturated carbocycles. The number of hydrogen-bond acceptors (Lipinski definition) is 2. The average Bonchev–Trinajstić information content (AvgIpc) is 2.26. The molecule has 4 heteroatoms. The Morgan fingerprint density at radius 3 is 2.65 bits per heavy atom. The summed E-state index contributed by atoms with van der Waals surface area (Å²) in [5.74, 6) is 0. The van der Waals surface area contributed by atoms with Crippen LogP contribution in [0.1, 0.15) is 19.4 Å². The first-order valence-corrected chi connectivity index (χ1v) is 6.92. The van der Waals surface area contributed by atoms with Crippen LogP contribution in [0.3, 0.4) is 0 Å². The standard InChI is InChI=1S/C13H19BrClNO/c1-9(2)17-8-12(16-3)6-10-4-5-11(14)7-13(10)15/h4-5,7,9,12,16H,6,8H2,1-3H3. The highest BCUT2D eigenvalue weighted by molar-refractivity contribution is 9.10. The summed E-state index contributed by atoms with van der Waals surface area (Å²) < 4.78 is 6.62. The van der Waals surface area contributed by atoms with Gasteiger partial charge in [-0.05, 0) is 45.0 Å². The normalized spacial score (nSPS) is 13.1. The van der Waals surface area contributed by atoms with Crippen LogP contribution in [0.2, 0.25) is 5.02 Å². The predicted molar refractivity (Wildman–Crippen MR) is 76.8 cm³/mol. The van der Waals surface area contributed by atoms with Crippen molar-refractivity contribution in [3.63, 3.8) is 0 Å². The van der Waals surface area contributed by atoms with Crippen molar-refractivity contribution in [1.29, 1.82) is 0 Å². The van der Waals surface area contributed by atoms with Crippen molar-refractivity contribution in [2.24, 2.45) is 0 Å². The lowest BCUT2D eigenvalue weighted by atomic mass is 10.1. The summed E-state index contributed by atoms with van der Waals surface area (Å²) in [6, 6.07) is 6.27. The lowest BCUT2D eigenvalue weighted by molar-refractivity contribution is 0.0628. The molecule has 0 amide bonds. The van der Waals surface area contributed by atoms with Crippen molar-refractivity contribution in [2.45, 2.75) is 32.4 Å². The van der Waals surface area contributed by atoms with E-state index < -0.39 is 0 Å². The minimum atomic E-state index is 0.256. The summed E-state index contributed by atoms with van der Waals surface area (Å²) in [5.41, 5.74) is 1.14. The zero-order valence-electron chi connectivity index (χ0n) is 10.5. The number of nitrogens with one attached hydrogen (secondary N) is 1. The van der Waals surface area contributed by atoms with Gasteiger partial charge in [-0.1, -0.05) is 33.6 Å². The van der Waals surface area contributed by atoms with Crippen LogP contribution in [0.25, 0.3) is 0 Å². The molecule has 0 aliphatic rings. The fraction of sp³-hybridized carbons (Fsp3) is 0.538. The van der Waals surface area contributed by atoms with Crippen LogP contribution in [0.15, 0.2) is 22.7 Å². The summed E-state index contributed by atoms with van der Waals surface area (Å²) in [5, 5.41) is 4.05. The molecule has 0 fully saturated rings. The Kier molecular flexibility index (Phi) is 6.49. The van der Waals surface area contributed by atoms with Crippen LogP contribution < -0.4 is 5.32 Å². The molecule has 0 aromatic heterocycles. The quantitative estimate of drug-likeness (QED) is 0.864. The third kappa shape index (κ3) is 5.38. The van der Waals surface area contributed by atoms with Gasteiger partial charge in [-0.25, -0.2) is 0 Å². The van der Waals surface area contributed by atoms with Crippen LogP contribution in [0, 0.1) is 0 Å². The van der Waals surface area contributed by atoms with E-state index in [0.717, 1.165) is 21.5 Å². The van der Waals surface area contributed by atoms with E-state index in [1.807, 2.05) is 39.1 Å². The zero-order chi connectivity index (χ0) is 12.8. The maximum atomic E-state index is 6.19. The molecule has 1 aromatic carbocycles. The van der Waals surface area contributed by atoms with Gasteiger partial charge in [-0.2, -0.15) is 0 Å². The molecule has 17 heavy (non-hydrogen) atoms. The number of rotatable bonds is 6. The van der Waals surface area contributed by atoms with Gasteiger partial charge in [-0.15, -0.1) is 0 Å². The summed E-state index contributed by atoms with van der Waals surface area (Å²) in [7, 11) is 1.95. The average molecular weight is 321 g/mol. The summed E-state index contributed by atoms with van der Waals surface area (Å²) in [6.45, 7) is 4.78. The zero-order valence-corrected chi connectivity index (χ0v) is 12.8. The van der Waals surface area contributed by atoms with Gasteiger partial charge in [0.2, 0.25) is 0 Å². The Morgan fingerprint density at radius 2 is 2.12 bits per heavy atom. The molecule has 0 radical (unpaired) electrons. The molecule has 0 heterocycles. The lowest BCUT2D eigenvalue weighted by Crippen LogP contribution is -2.33. The maximum Gasteiger partial charge on any atom is 0.0626 e. The second kappa shape index (κ2) is 7.37. The van der Waals surface area contributed by atoms with E-state index in [0.29, 0.717) is 6.61 Å². The van der Waals surface area contributed by atoms with E-state index >= 15 is 0 Å². The monoisotopic (exact) mass is 319 g/mol. The van der Waals surface area contributed by atoms with Gasteiger partial charge in [0.1, 0.15) is 0 Å². The van der Waals surface area contributed by atoms with Gasteiger partial charge in [0, 0.05) is 15.5 Å². The topological polar surface area (TPSA) is 21.3 Å². The molecule has 1 aromatic rings.